The van der Waals surface area contributed by atoms with Crippen molar-refractivity contribution in [3.8, 4) is 5.75 Å². The molecule has 0 aliphatic carbocycles. The second-order valence-electron chi connectivity index (χ2n) is 5.42. The molecule has 0 saturated carbocycles. The molecule has 142 valence electrons. The normalized spacial score (nSPS) is 10.8. The lowest BCUT2D eigenvalue weighted by Crippen LogP contribution is -2.37. The van der Waals surface area contributed by atoms with Gasteiger partial charge in [0.2, 0.25) is 0 Å². The number of guanidine groups is 1. The first-order chi connectivity index (χ1) is 12.1. The van der Waals surface area contributed by atoms with Crippen LogP contribution in [0.15, 0.2) is 47.5 Å². The first kappa shape index (κ1) is 22.1. The largest absolute Gasteiger partial charge is 0.494 e. The minimum Gasteiger partial charge on any atom is -0.494 e. The molecule has 0 aliphatic rings. The third-order valence-corrected chi connectivity index (χ3v) is 3.57. The van der Waals surface area contributed by atoms with E-state index in [0.29, 0.717) is 37.6 Å². The number of hydrogen-bond donors (Lipinski definition) is 2. The summed E-state index contributed by atoms with van der Waals surface area (Å²) in [6, 6.07) is 11.3. The molecule has 0 aromatic heterocycles. The molecule has 0 aliphatic heterocycles. The summed E-state index contributed by atoms with van der Waals surface area (Å²) >= 11 is 0. The van der Waals surface area contributed by atoms with E-state index in [0.717, 1.165) is 17.4 Å². The maximum Gasteiger partial charge on any atom is 0.191 e. The van der Waals surface area contributed by atoms with Crippen molar-refractivity contribution < 1.29 is 13.5 Å². The molecule has 0 unspecified atom stereocenters. The fourth-order valence-corrected chi connectivity index (χ4v) is 2.43. The number of halogens is 3. The highest BCUT2D eigenvalue weighted by molar-refractivity contribution is 14.0. The van der Waals surface area contributed by atoms with Crippen molar-refractivity contribution >= 4 is 29.9 Å². The minimum atomic E-state index is -0.565. The van der Waals surface area contributed by atoms with Crippen LogP contribution in [0.25, 0.3) is 0 Å². The van der Waals surface area contributed by atoms with Crippen molar-refractivity contribution in [2.75, 3.05) is 20.2 Å². The summed E-state index contributed by atoms with van der Waals surface area (Å²) in [6.07, 6.45) is 0.491. The van der Waals surface area contributed by atoms with E-state index < -0.39 is 11.6 Å². The SMILES string of the molecule is CCOc1ccccc1CNC(=NC)NCCc1cc(F)cc(F)c1.I. The Kier molecular flexibility index (Phi) is 9.93. The summed E-state index contributed by atoms with van der Waals surface area (Å²) in [5.41, 5.74) is 1.63. The van der Waals surface area contributed by atoms with Crippen LogP contribution in [0, 0.1) is 11.6 Å². The Morgan fingerprint density at radius 2 is 1.77 bits per heavy atom. The van der Waals surface area contributed by atoms with Crippen molar-refractivity contribution in [1.29, 1.82) is 0 Å². The average Bonchev–Trinajstić information content (AvgIpc) is 2.58. The Bertz CT molecular complexity index is 705. The second kappa shape index (κ2) is 11.7. The molecule has 2 aromatic carbocycles. The van der Waals surface area contributed by atoms with E-state index in [1.54, 1.807) is 7.05 Å². The summed E-state index contributed by atoms with van der Waals surface area (Å²) in [5.74, 6) is 0.321. The van der Waals surface area contributed by atoms with Crippen LogP contribution >= 0.6 is 24.0 Å². The van der Waals surface area contributed by atoms with Gasteiger partial charge in [-0.2, -0.15) is 0 Å². The number of aliphatic imine (C=N–C) groups is 1. The van der Waals surface area contributed by atoms with Gasteiger partial charge in [0.25, 0.3) is 0 Å². The Hall–Kier alpha value is -1.90. The molecule has 2 aromatic rings. The molecule has 0 spiro atoms. The van der Waals surface area contributed by atoms with E-state index in [2.05, 4.69) is 15.6 Å². The zero-order chi connectivity index (χ0) is 18.1. The maximum atomic E-state index is 13.2. The average molecular weight is 475 g/mol. The molecule has 0 heterocycles. The molecule has 2 N–H and O–H groups in total. The van der Waals surface area contributed by atoms with Gasteiger partial charge in [-0.3, -0.25) is 4.99 Å². The van der Waals surface area contributed by atoms with Crippen LogP contribution in [-0.4, -0.2) is 26.2 Å². The second-order valence-corrected chi connectivity index (χ2v) is 5.42. The first-order valence-electron chi connectivity index (χ1n) is 8.22. The molecule has 0 fully saturated rings. The van der Waals surface area contributed by atoms with Gasteiger partial charge in [-0.05, 0) is 37.1 Å². The topological polar surface area (TPSA) is 45.6 Å². The lowest BCUT2D eigenvalue weighted by molar-refractivity contribution is 0.336. The van der Waals surface area contributed by atoms with Gasteiger partial charge in [0.15, 0.2) is 5.96 Å². The number of para-hydroxylation sites is 1. The number of hydrogen-bond acceptors (Lipinski definition) is 2. The van der Waals surface area contributed by atoms with E-state index in [1.807, 2.05) is 31.2 Å². The van der Waals surface area contributed by atoms with Gasteiger partial charge < -0.3 is 15.4 Å². The lowest BCUT2D eigenvalue weighted by atomic mass is 10.1. The number of nitrogens with one attached hydrogen (secondary N) is 2. The van der Waals surface area contributed by atoms with Crippen LogP contribution < -0.4 is 15.4 Å². The molecule has 0 saturated heterocycles. The molecule has 0 atom stereocenters. The number of nitrogens with zero attached hydrogens (tertiary/aromatic N) is 1. The lowest BCUT2D eigenvalue weighted by Gasteiger charge is -2.14. The predicted octanol–water partition coefficient (Wildman–Crippen LogP) is 3.89. The molecule has 0 amide bonds. The van der Waals surface area contributed by atoms with E-state index >= 15 is 0 Å². The first-order valence-corrected chi connectivity index (χ1v) is 8.22. The molecule has 26 heavy (non-hydrogen) atoms. The van der Waals surface area contributed by atoms with Crippen molar-refractivity contribution in [1.82, 2.24) is 10.6 Å². The zero-order valence-corrected chi connectivity index (χ0v) is 17.2. The molecular weight excluding hydrogens is 451 g/mol. The molecule has 7 heteroatoms. The molecule has 0 bridgehead atoms. The number of rotatable bonds is 7. The van der Waals surface area contributed by atoms with Crippen LogP contribution in [0.5, 0.6) is 5.75 Å². The highest BCUT2D eigenvalue weighted by Crippen LogP contribution is 2.17. The number of benzene rings is 2. The van der Waals surface area contributed by atoms with Gasteiger partial charge in [-0.25, -0.2) is 8.78 Å². The highest BCUT2D eigenvalue weighted by Gasteiger charge is 2.05. The van der Waals surface area contributed by atoms with Crippen LogP contribution in [0.3, 0.4) is 0 Å². The highest BCUT2D eigenvalue weighted by atomic mass is 127. The Morgan fingerprint density at radius 3 is 2.42 bits per heavy atom. The monoisotopic (exact) mass is 475 g/mol. The van der Waals surface area contributed by atoms with Crippen molar-refractivity contribution in [3.05, 3.63) is 65.2 Å². The maximum absolute atomic E-state index is 13.2. The molecule has 4 nitrogen and oxygen atoms in total. The fraction of sp³-hybridized carbons (Fsp3) is 0.316. The Labute approximate surface area is 170 Å². The zero-order valence-electron chi connectivity index (χ0n) is 14.9. The molecule has 2 rings (SSSR count). The summed E-state index contributed by atoms with van der Waals surface area (Å²) in [7, 11) is 1.67. The van der Waals surface area contributed by atoms with E-state index in [4.69, 9.17) is 4.74 Å². The van der Waals surface area contributed by atoms with Gasteiger partial charge in [0.05, 0.1) is 6.61 Å². The van der Waals surface area contributed by atoms with Crippen molar-refractivity contribution in [2.24, 2.45) is 4.99 Å². The van der Waals surface area contributed by atoms with Gasteiger partial charge in [-0.15, -0.1) is 24.0 Å². The van der Waals surface area contributed by atoms with Gasteiger partial charge >= 0.3 is 0 Å². The quantitative estimate of drug-likeness (QED) is 0.363. The summed E-state index contributed by atoms with van der Waals surface area (Å²) in [5, 5.41) is 6.34. The summed E-state index contributed by atoms with van der Waals surface area (Å²) in [4.78, 5) is 4.15. The third-order valence-electron chi connectivity index (χ3n) is 3.57. The Balaban J connectivity index is 0.00000338. The van der Waals surface area contributed by atoms with Crippen LogP contribution in [0.2, 0.25) is 0 Å². The van der Waals surface area contributed by atoms with E-state index in [-0.39, 0.29) is 24.0 Å². The summed E-state index contributed by atoms with van der Waals surface area (Å²) < 4.78 is 32.0. The van der Waals surface area contributed by atoms with E-state index in [1.165, 1.54) is 12.1 Å². The third kappa shape index (κ3) is 7.15. The smallest absolute Gasteiger partial charge is 0.191 e. The van der Waals surface area contributed by atoms with Crippen LogP contribution in [-0.2, 0) is 13.0 Å². The summed E-state index contributed by atoms with van der Waals surface area (Å²) in [6.45, 7) is 3.62. The van der Waals surface area contributed by atoms with Crippen LogP contribution in [0.1, 0.15) is 18.1 Å². The fourth-order valence-electron chi connectivity index (χ4n) is 2.43. The van der Waals surface area contributed by atoms with Crippen molar-refractivity contribution in [2.45, 2.75) is 19.9 Å². The predicted molar refractivity (Wildman–Crippen MR) is 111 cm³/mol. The van der Waals surface area contributed by atoms with Gasteiger partial charge in [-0.1, -0.05) is 18.2 Å². The van der Waals surface area contributed by atoms with Gasteiger partial charge in [0.1, 0.15) is 17.4 Å². The standard InChI is InChI=1S/C19H23F2N3O.HI/c1-3-25-18-7-5-4-6-15(18)13-24-19(22-2)23-9-8-14-10-16(20)12-17(21)11-14;/h4-7,10-12H,3,8-9,13H2,1-2H3,(H2,22,23,24);1H. The van der Waals surface area contributed by atoms with Crippen LogP contribution in [0.4, 0.5) is 8.78 Å². The minimum absolute atomic E-state index is 0. The van der Waals surface area contributed by atoms with E-state index in [9.17, 15) is 8.78 Å². The molecular formula is C19H24F2IN3O. The Morgan fingerprint density at radius 1 is 1.08 bits per heavy atom. The number of ether oxygens (including phenoxy) is 1. The van der Waals surface area contributed by atoms with Gasteiger partial charge in [0, 0.05) is 31.8 Å². The molecule has 0 radical (unpaired) electrons. The van der Waals surface area contributed by atoms with Crippen molar-refractivity contribution in [3.63, 3.8) is 0 Å².